The first-order valence-corrected chi connectivity index (χ1v) is 7.09. The molecule has 1 saturated carbocycles. The highest BCUT2D eigenvalue weighted by Crippen LogP contribution is 2.25. The van der Waals surface area contributed by atoms with E-state index in [4.69, 9.17) is 23.2 Å². The number of nitrogens with one attached hydrogen (secondary N) is 1. The lowest BCUT2D eigenvalue weighted by Gasteiger charge is -2.29. The topological polar surface area (TPSA) is 12.0 Å². The van der Waals surface area contributed by atoms with Crippen LogP contribution in [0.25, 0.3) is 0 Å². The molecule has 1 fully saturated rings. The van der Waals surface area contributed by atoms with E-state index in [2.05, 4.69) is 12.2 Å². The van der Waals surface area contributed by atoms with E-state index < -0.39 is 0 Å². The van der Waals surface area contributed by atoms with Crippen molar-refractivity contribution in [3.8, 4) is 0 Å². The van der Waals surface area contributed by atoms with Crippen molar-refractivity contribution < 1.29 is 0 Å². The summed E-state index contributed by atoms with van der Waals surface area (Å²) in [7, 11) is 0. The van der Waals surface area contributed by atoms with Crippen molar-refractivity contribution in [2.24, 2.45) is 5.92 Å². The van der Waals surface area contributed by atoms with E-state index in [0.29, 0.717) is 11.1 Å². The first-order valence-electron chi connectivity index (χ1n) is 6.34. The minimum Gasteiger partial charge on any atom is -0.310 e. The summed E-state index contributed by atoms with van der Waals surface area (Å²) in [6, 6.07) is 6.35. The molecule has 3 heteroatoms. The summed E-state index contributed by atoms with van der Waals surface area (Å²) >= 11 is 12.0. The summed E-state index contributed by atoms with van der Waals surface area (Å²) < 4.78 is 0. The molecule has 0 bridgehead atoms. The normalized spacial score (nSPS) is 24.9. The van der Waals surface area contributed by atoms with Gasteiger partial charge in [0.25, 0.3) is 0 Å². The summed E-state index contributed by atoms with van der Waals surface area (Å²) in [6.45, 7) is 3.17. The summed E-state index contributed by atoms with van der Waals surface area (Å²) in [6.07, 6.45) is 5.34. The molecule has 2 atom stereocenters. The molecule has 1 N–H and O–H groups in total. The molecule has 1 nitrogen and oxygen atoms in total. The van der Waals surface area contributed by atoms with E-state index >= 15 is 0 Å². The zero-order valence-corrected chi connectivity index (χ0v) is 11.7. The lowest BCUT2D eigenvalue weighted by molar-refractivity contribution is 0.279. The molecule has 1 aliphatic carbocycles. The summed E-state index contributed by atoms with van der Waals surface area (Å²) in [4.78, 5) is 0. The van der Waals surface area contributed by atoms with Gasteiger partial charge in [-0.2, -0.15) is 0 Å². The van der Waals surface area contributed by atoms with Gasteiger partial charge in [0.15, 0.2) is 0 Å². The number of benzene rings is 1. The maximum Gasteiger partial charge on any atom is 0.0465 e. The molecule has 0 amide bonds. The van der Waals surface area contributed by atoms with Gasteiger partial charge in [0.2, 0.25) is 0 Å². The number of halogens is 2. The quantitative estimate of drug-likeness (QED) is 0.843. The van der Waals surface area contributed by atoms with Gasteiger partial charge < -0.3 is 5.32 Å². The van der Waals surface area contributed by atoms with E-state index in [-0.39, 0.29) is 0 Å². The molecular weight excluding hydrogens is 253 g/mol. The average molecular weight is 272 g/mol. The predicted molar refractivity (Wildman–Crippen MR) is 74.7 cm³/mol. The van der Waals surface area contributed by atoms with Crippen molar-refractivity contribution in [3.05, 3.63) is 33.8 Å². The molecule has 1 aromatic rings. The Hall–Kier alpha value is -0.240. The van der Waals surface area contributed by atoms with Crippen LogP contribution in [0.2, 0.25) is 10.0 Å². The van der Waals surface area contributed by atoms with Gasteiger partial charge >= 0.3 is 0 Å². The largest absolute Gasteiger partial charge is 0.310 e. The van der Waals surface area contributed by atoms with Crippen molar-refractivity contribution in [2.75, 3.05) is 0 Å². The Bertz CT molecular complexity index is 378. The zero-order valence-electron chi connectivity index (χ0n) is 10.2. The minimum atomic E-state index is 0.635. The van der Waals surface area contributed by atoms with Gasteiger partial charge in [0.05, 0.1) is 0 Å². The van der Waals surface area contributed by atoms with Crippen molar-refractivity contribution in [3.63, 3.8) is 0 Å². The number of rotatable bonds is 3. The zero-order chi connectivity index (χ0) is 12.3. The Morgan fingerprint density at radius 2 is 2.00 bits per heavy atom. The molecule has 94 valence electrons. The van der Waals surface area contributed by atoms with Crippen LogP contribution in [0.3, 0.4) is 0 Å². The lowest BCUT2D eigenvalue weighted by Crippen LogP contribution is -2.36. The second-order valence-electron chi connectivity index (χ2n) is 4.98. The van der Waals surface area contributed by atoms with Crippen molar-refractivity contribution in [1.29, 1.82) is 0 Å². The molecule has 2 rings (SSSR count). The highest BCUT2D eigenvalue weighted by atomic mass is 35.5. The summed E-state index contributed by atoms with van der Waals surface area (Å²) in [5.41, 5.74) is 1.13. The first-order chi connectivity index (χ1) is 8.16. The van der Waals surface area contributed by atoms with Gasteiger partial charge in [-0.05, 0) is 36.5 Å². The van der Waals surface area contributed by atoms with Crippen LogP contribution in [0.4, 0.5) is 0 Å². The standard InChI is InChI=1S/C14H19Cl2N/c1-10-4-2-3-5-14(10)17-9-11-6-7-12(15)8-13(11)16/h6-8,10,14,17H,2-5,9H2,1H3. The van der Waals surface area contributed by atoms with E-state index in [1.54, 1.807) is 0 Å². The van der Waals surface area contributed by atoms with Gasteiger partial charge in [-0.15, -0.1) is 0 Å². The fraction of sp³-hybridized carbons (Fsp3) is 0.571. The monoisotopic (exact) mass is 271 g/mol. The Morgan fingerprint density at radius 3 is 2.71 bits per heavy atom. The van der Waals surface area contributed by atoms with Gasteiger partial charge in [0, 0.05) is 22.6 Å². The molecule has 0 radical (unpaired) electrons. The summed E-state index contributed by atoms with van der Waals surface area (Å²) in [5, 5.41) is 5.08. The van der Waals surface area contributed by atoms with Crippen LogP contribution in [-0.4, -0.2) is 6.04 Å². The maximum absolute atomic E-state index is 6.16. The number of hydrogen-bond acceptors (Lipinski definition) is 1. The van der Waals surface area contributed by atoms with Crippen LogP contribution in [0.15, 0.2) is 18.2 Å². The van der Waals surface area contributed by atoms with Gasteiger partial charge in [0.1, 0.15) is 0 Å². The molecule has 1 aliphatic rings. The van der Waals surface area contributed by atoms with Crippen molar-refractivity contribution in [1.82, 2.24) is 5.32 Å². The Kier molecular flexibility index (Phi) is 4.72. The van der Waals surface area contributed by atoms with Crippen LogP contribution in [0.5, 0.6) is 0 Å². The van der Waals surface area contributed by atoms with E-state index in [1.807, 2.05) is 18.2 Å². The highest BCUT2D eigenvalue weighted by molar-refractivity contribution is 6.35. The molecule has 0 spiro atoms. The fourth-order valence-corrected chi connectivity index (χ4v) is 3.00. The Balaban J connectivity index is 1.92. The Labute approximate surface area is 114 Å². The smallest absolute Gasteiger partial charge is 0.0465 e. The lowest BCUT2D eigenvalue weighted by atomic mass is 9.86. The number of hydrogen-bond donors (Lipinski definition) is 1. The van der Waals surface area contributed by atoms with Crippen LogP contribution >= 0.6 is 23.2 Å². The average Bonchev–Trinajstić information content (AvgIpc) is 2.30. The SMILES string of the molecule is CC1CCCCC1NCc1ccc(Cl)cc1Cl. The van der Waals surface area contributed by atoms with E-state index in [0.717, 1.165) is 23.0 Å². The predicted octanol–water partition coefficient (Wildman–Crippen LogP) is 4.66. The third-order valence-corrected chi connectivity index (χ3v) is 4.27. The van der Waals surface area contributed by atoms with E-state index in [1.165, 1.54) is 25.7 Å². The highest BCUT2D eigenvalue weighted by Gasteiger charge is 2.20. The molecular formula is C14H19Cl2N. The summed E-state index contributed by atoms with van der Waals surface area (Å²) in [5.74, 6) is 0.773. The Morgan fingerprint density at radius 1 is 1.24 bits per heavy atom. The van der Waals surface area contributed by atoms with Crippen molar-refractivity contribution >= 4 is 23.2 Å². The van der Waals surface area contributed by atoms with E-state index in [9.17, 15) is 0 Å². The molecule has 0 aromatic heterocycles. The second-order valence-corrected chi connectivity index (χ2v) is 5.83. The second kappa shape index (κ2) is 6.08. The van der Waals surface area contributed by atoms with Gasteiger partial charge in [-0.3, -0.25) is 0 Å². The van der Waals surface area contributed by atoms with Crippen LogP contribution < -0.4 is 5.32 Å². The molecule has 1 aromatic carbocycles. The first kappa shape index (κ1) is 13.2. The molecule has 0 heterocycles. The molecule has 0 aliphatic heterocycles. The molecule has 0 saturated heterocycles. The van der Waals surface area contributed by atoms with Crippen LogP contribution in [0, 0.1) is 5.92 Å². The third-order valence-electron chi connectivity index (χ3n) is 3.68. The van der Waals surface area contributed by atoms with Crippen LogP contribution in [0.1, 0.15) is 38.2 Å². The van der Waals surface area contributed by atoms with Crippen molar-refractivity contribution in [2.45, 2.75) is 45.2 Å². The third kappa shape index (κ3) is 3.61. The van der Waals surface area contributed by atoms with Gasteiger partial charge in [-0.25, -0.2) is 0 Å². The van der Waals surface area contributed by atoms with Crippen LogP contribution in [-0.2, 0) is 6.54 Å². The van der Waals surface area contributed by atoms with Gasteiger partial charge in [-0.1, -0.05) is 49.0 Å². The maximum atomic E-state index is 6.16. The molecule has 17 heavy (non-hydrogen) atoms. The fourth-order valence-electron chi connectivity index (χ4n) is 2.53. The minimum absolute atomic E-state index is 0.635. The molecule has 2 unspecified atom stereocenters.